The van der Waals surface area contributed by atoms with Crippen LogP contribution in [0.3, 0.4) is 0 Å². The molecule has 0 aliphatic heterocycles. The molecule has 1 aromatic heterocycles. The Labute approximate surface area is 200 Å². The summed E-state index contributed by atoms with van der Waals surface area (Å²) >= 11 is 7.54. The normalized spacial score (nSPS) is 10.9. The Morgan fingerprint density at radius 3 is 2.55 bits per heavy atom. The lowest BCUT2D eigenvalue weighted by Crippen LogP contribution is -2.28. The maximum atomic E-state index is 13.4. The van der Waals surface area contributed by atoms with E-state index in [1.807, 2.05) is 36.4 Å². The second-order valence-electron chi connectivity index (χ2n) is 7.40. The van der Waals surface area contributed by atoms with Gasteiger partial charge in [0, 0.05) is 13.6 Å². The Morgan fingerprint density at radius 1 is 1.09 bits per heavy atom. The molecule has 0 aliphatic carbocycles. The van der Waals surface area contributed by atoms with E-state index >= 15 is 0 Å². The number of ether oxygens (including phenoxy) is 1. The molecule has 1 amide bonds. The molecule has 0 bridgehead atoms. The van der Waals surface area contributed by atoms with Crippen molar-refractivity contribution in [3.63, 3.8) is 0 Å². The van der Waals surface area contributed by atoms with Crippen LogP contribution in [-0.2, 0) is 11.3 Å². The number of fused-ring (bicyclic) bond motifs is 1. The van der Waals surface area contributed by atoms with E-state index in [0.717, 1.165) is 5.56 Å². The molecule has 8 heteroatoms. The average Bonchev–Trinajstić information content (AvgIpc) is 2.83. The molecule has 0 N–H and O–H groups in total. The second-order valence-corrected chi connectivity index (χ2v) is 8.74. The Bertz CT molecular complexity index is 1360. The fraction of sp³-hybridized carbons (Fsp3) is 0.160. The van der Waals surface area contributed by atoms with Gasteiger partial charge in [-0.2, -0.15) is 0 Å². The van der Waals surface area contributed by atoms with E-state index in [1.165, 1.54) is 23.4 Å². The number of aromatic nitrogens is 2. The topological polar surface area (TPSA) is 64.4 Å². The Hall–Kier alpha value is -3.29. The SMILES string of the molecule is COc1ccc(-n2c(SCC(=O)N(C)Cc3ccccc3)nc3ccccc3c2=O)cc1Cl. The van der Waals surface area contributed by atoms with Gasteiger partial charge in [0.05, 0.1) is 34.5 Å². The van der Waals surface area contributed by atoms with Gasteiger partial charge in [-0.25, -0.2) is 4.98 Å². The summed E-state index contributed by atoms with van der Waals surface area (Å²) < 4.78 is 6.72. The third-order valence-corrected chi connectivity index (χ3v) is 6.37. The van der Waals surface area contributed by atoms with Crippen LogP contribution >= 0.6 is 23.4 Å². The lowest BCUT2D eigenvalue weighted by Gasteiger charge is -2.18. The van der Waals surface area contributed by atoms with Crippen LogP contribution in [0.5, 0.6) is 5.75 Å². The van der Waals surface area contributed by atoms with Crippen LogP contribution in [0.2, 0.25) is 5.02 Å². The smallest absolute Gasteiger partial charge is 0.266 e. The first-order valence-corrected chi connectivity index (χ1v) is 11.6. The highest BCUT2D eigenvalue weighted by Crippen LogP contribution is 2.28. The third-order valence-electron chi connectivity index (χ3n) is 5.15. The number of carbonyl (C=O) groups excluding carboxylic acids is 1. The van der Waals surface area contributed by atoms with Gasteiger partial charge < -0.3 is 9.64 Å². The molecule has 168 valence electrons. The minimum atomic E-state index is -0.227. The molecule has 4 rings (SSSR count). The number of hydrogen-bond donors (Lipinski definition) is 0. The van der Waals surface area contributed by atoms with Crippen LogP contribution in [-0.4, -0.2) is 40.3 Å². The summed E-state index contributed by atoms with van der Waals surface area (Å²) in [7, 11) is 3.30. The van der Waals surface area contributed by atoms with Crippen LogP contribution in [0, 0.1) is 0 Å². The van der Waals surface area contributed by atoms with Crippen LogP contribution in [0.1, 0.15) is 5.56 Å². The van der Waals surface area contributed by atoms with Crippen molar-refractivity contribution in [2.24, 2.45) is 0 Å². The molecule has 0 unspecified atom stereocenters. The standard InChI is InChI=1S/C25H22ClN3O3S/c1-28(15-17-8-4-3-5-9-17)23(30)16-33-25-27-21-11-7-6-10-19(21)24(31)29(25)18-12-13-22(32-2)20(26)14-18/h3-14H,15-16H2,1-2H3. The van der Waals surface area contributed by atoms with Crippen LogP contribution in [0.15, 0.2) is 82.7 Å². The number of benzene rings is 3. The number of para-hydroxylation sites is 1. The summed E-state index contributed by atoms with van der Waals surface area (Å²) in [5, 5.41) is 1.28. The van der Waals surface area contributed by atoms with E-state index in [-0.39, 0.29) is 17.2 Å². The number of halogens is 1. The van der Waals surface area contributed by atoms with Gasteiger partial charge in [0.25, 0.3) is 5.56 Å². The first-order valence-electron chi connectivity index (χ1n) is 10.2. The van der Waals surface area contributed by atoms with Crippen molar-refractivity contribution in [2.45, 2.75) is 11.7 Å². The number of amides is 1. The van der Waals surface area contributed by atoms with Gasteiger partial charge in [0.15, 0.2) is 5.16 Å². The quantitative estimate of drug-likeness (QED) is 0.281. The highest BCUT2D eigenvalue weighted by Gasteiger charge is 2.17. The zero-order valence-corrected chi connectivity index (χ0v) is 19.8. The van der Waals surface area contributed by atoms with Gasteiger partial charge in [-0.3, -0.25) is 14.2 Å². The predicted molar refractivity (Wildman–Crippen MR) is 133 cm³/mol. The average molecular weight is 480 g/mol. The summed E-state index contributed by atoms with van der Waals surface area (Å²) in [6.45, 7) is 0.506. The Balaban J connectivity index is 1.66. The van der Waals surface area contributed by atoms with Gasteiger partial charge in [-0.05, 0) is 35.9 Å². The molecular formula is C25H22ClN3O3S. The molecule has 4 aromatic rings. The van der Waals surface area contributed by atoms with Crippen LogP contribution < -0.4 is 10.3 Å². The molecule has 0 atom stereocenters. The second kappa shape index (κ2) is 10.1. The molecular weight excluding hydrogens is 458 g/mol. The van der Waals surface area contributed by atoms with Crippen molar-refractivity contribution in [1.29, 1.82) is 0 Å². The number of thioether (sulfide) groups is 1. The number of methoxy groups -OCH3 is 1. The molecule has 0 aliphatic rings. The maximum absolute atomic E-state index is 13.4. The Kier molecular flexibility index (Phi) is 7.01. The lowest BCUT2D eigenvalue weighted by molar-refractivity contribution is -0.127. The van der Waals surface area contributed by atoms with Crippen LogP contribution in [0.25, 0.3) is 16.6 Å². The first kappa shape index (κ1) is 22.9. The molecule has 6 nitrogen and oxygen atoms in total. The minimum absolute atomic E-state index is 0.0643. The molecule has 0 radical (unpaired) electrons. The highest BCUT2D eigenvalue weighted by atomic mass is 35.5. The van der Waals surface area contributed by atoms with Gasteiger partial charge in [-0.15, -0.1) is 0 Å². The summed E-state index contributed by atoms with van der Waals surface area (Å²) in [6.07, 6.45) is 0. The summed E-state index contributed by atoms with van der Waals surface area (Å²) in [4.78, 5) is 32.5. The summed E-state index contributed by atoms with van der Waals surface area (Å²) in [5.74, 6) is 0.581. The highest BCUT2D eigenvalue weighted by molar-refractivity contribution is 7.99. The lowest BCUT2D eigenvalue weighted by atomic mass is 10.2. The molecule has 0 spiro atoms. The van der Waals surface area contributed by atoms with Crippen molar-refractivity contribution in [2.75, 3.05) is 19.9 Å². The predicted octanol–water partition coefficient (Wildman–Crippen LogP) is 4.80. The van der Waals surface area contributed by atoms with Crippen molar-refractivity contribution >= 4 is 40.2 Å². The van der Waals surface area contributed by atoms with Gasteiger partial charge >= 0.3 is 0 Å². The van der Waals surface area contributed by atoms with E-state index in [9.17, 15) is 9.59 Å². The van der Waals surface area contributed by atoms with E-state index in [1.54, 1.807) is 48.3 Å². The molecule has 3 aromatic carbocycles. The first-order chi connectivity index (χ1) is 16.0. The monoisotopic (exact) mass is 479 g/mol. The number of nitrogens with zero attached hydrogens (tertiary/aromatic N) is 3. The van der Waals surface area contributed by atoms with Crippen LogP contribution in [0.4, 0.5) is 0 Å². The summed E-state index contributed by atoms with van der Waals surface area (Å²) in [6, 6.07) is 22.0. The molecule has 0 saturated heterocycles. The maximum Gasteiger partial charge on any atom is 0.266 e. The zero-order chi connectivity index (χ0) is 23.4. The van der Waals surface area contributed by atoms with Crippen molar-refractivity contribution in [1.82, 2.24) is 14.5 Å². The zero-order valence-electron chi connectivity index (χ0n) is 18.2. The number of rotatable bonds is 7. The van der Waals surface area contributed by atoms with Gasteiger partial charge in [0.2, 0.25) is 5.91 Å². The van der Waals surface area contributed by atoms with Gasteiger partial charge in [-0.1, -0.05) is 65.8 Å². The fourth-order valence-corrected chi connectivity index (χ4v) is 4.62. The van der Waals surface area contributed by atoms with Crippen molar-refractivity contribution < 1.29 is 9.53 Å². The largest absolute Gasteiger partial charge is 0.495 e. The van der Waals surface area contributed by atoms with E-state index in [4.69, 9.17) is 16.3 Å². The van der Waals surface area contributed by atoms with E-state index in [0.29, 0.717) is 39.1 Å². The molecule has 1 heterocycles. The number of carbonyl (C=O) groups is 1. The third kappa shape index (κ3) is 5.05. The van der Waals surface area contributed by atoms with E-state index in [2.05, 4.69) is 4.98 Å². The van der Waals surface area contributed by atoms with Crippen molar-refractivity contribution in [3.8, 4) is 11.4 Å². The van der Waals surface area contributed by atoms with E-state index < -0.39 is 0 Å². The summed E-state index contributed by atoms with van der Waals surface area (Å²) in [5.41, 5.74) is 1.95. The molecule has 0 fully saturated rings. The molecule has 0 saturated carbocycles. The van der Waals surface area contributed by atoms with Crippen molar-refractivity contribution in [3.05, 3.63) is 93.7 Å². The van der Waals surface area contributed by atoms with Gasteiger partial charge in [0.1, 0.15) is 5.75 Å². The minimum Gasteiger partial charge on any atom is -0.495 e. The molecule has 33 heavy (non-hydrogen) atoms. The Morgan fingerprint density at radius 2 is 1.82 bits per heavy atom. The fourth-order valence-electron chi connectivity index (χ4n) is 3.41. The number of hydrogen-bond acceptors (Lipinski definition) is 5.